The molecule has 0 radical (unpaired) electrons. The van der Waals surface area contributed by atoms with Crippen molar-refractivity contribution >= 4 is 29.7 Å². The van der Waals surface area contributed by atoms with Crippen LogP contribution in [0.2, 0.25) is 0 Å². The van der Waals surface area contributed by atoms with Crippen LogP contribution in [0.15, 0.2) is 47.6 Å². The predicted molar refractivity (Wildman–Crippen MR) is 111 cm³/mol. The Kier molecular flexibility index (Phi) is 7.44. The van der Waals surface area contributed by atoms with Gasteiger partial charge in [0, 0.05) is 48.4 Å². The van der Waals surface area contributed by atoms with Crippen LogP contribution in [-0.4, -0.2) is 45.0 Å². The van der Waals surface area contributed by atoms with Gasteiger partial charge in [-0.15, -0.1) is 23.7 Å². The van der Waals surface area contributed by atoms with Gasteiger partial charge in [0.25, 0.3) is 0 Å². The van der Waals surface area contributed by atoms with E-state index < -0.39 is 0 Å². The monoisotopic (exact) mass is 425 g/mol. The second kappa shape index (κ2) is 9.58. The summed E-state index contributed by atoms with van der Waals surface area (Å²) in [4.78, 5) is 24.8. The highest BCUT2D eigenvalue weighted by Crippen LogP contribution is 2.27. The topological polar surface area (TPSA) is 94.9 Å². The second-order valence-electron chi connectivity index (χ2n) is 6.10. The fourth-order valence-corrected chi connectivity index (χ4v) is 3.37. The van der Waals surface area contributed by atoms with Gasteiger partial charge in [-0.25, -0.2) is 23.8 Å². The van der Waals surface area contributed by atoms with Crippen LogP contribution in [0.5, 0.6) is 0 Å². The number of hydrogen-bond donors (Lipinski definition) is 1. The molecule has 2 N–H and O–H groups in total. The van der Waals surface area contributed by atoms with Crippen molar-refractivity contribution in [1.29, 1.82) is 0 Å². The van der Waals surface area contributed by atoms with Crippen molar-refractivity contribution < 1.29 is 4.39 Å². The van der Waals surface area contributed by atoms with Gasteiger partial charge in [0.2, 0.25) is 5.95 Å². The first-order chi connectivity index (χ1) is 13.0. The van der Waals surface area contributed by atoms with E-state index in [1.165, 1.54) is 15.6 Å². The highest BCUT2D eigenvalue weighted by atomic mass is 35.5. The minimum absolute atomic E-state index is 0. The number of nitrogens with zero attached hydrogens (tertiary/aromatic N) is 6. The van der Waals surface area contributed by atoms with Gasteiger partial charge in [0.1, 0.15) is 6.33 Å². The maximum absolute atomic E-state index is 12.7. The molecule has 3 rings (SSSR count). The summed E-state index contributed by atoms with van der Waals surface area (Å²) in [5.41, 5.74) is 6.34. The molecule has 150 valence electrons. The first kappa shape index (κ1) is 21.7. The van der Waals surface area contributed by atoms with Crippen LogP contribution < -0.4 is 16.3 Å². The summed E-state index contributed by atoms with van der Waals surface area (Å²) < 4.78 is 15.3. The van der Waals surface area contributed by atoms with Gasteiger partial charge in [0.05, 0.1) is 19.4 Å². The van der Waals surface area contributed by atoms with Crippen LogP contribution in [0, 0.1) is 0 Å². The number of anilines is 1. The SMILES string of the molecule is CN(C)c1ncc(-c2ccc(Cn3cnn(C/C(=C/F)CN)c3=O)s2)cn1.Cl. The molecule has 0 amide bonds. The molecule has 0 saturated heterocycles. The fourth-order valence-electron chi connectivity index (χ4n) is 2.39. The number of aromatic nitrogens is 5. The van der Waals surface area contributed by atoms with Crippen LogP contribution in [-0.2, 0) is 13.1 Å². The third-order valence-electron chi connectivity index (χ3n) is 3.88. The van der Waals surface area contributed by atoms with E-state index in [0.29, 0.717) is 24.4 Å². The van der Waals surface area contributed by atoms with Crippen molar-refractivity contribution in [2.24, 2.45) is 5.73 Å². The van der Waals surface area contributed by atoms with Crippen molar-refractivity contribution in [2.45, 2.75) is 13.1 Å². The maximum atomic E-state index is 12.7. The van der Waals surface area contributed by atoms with Crippen LogP contribution in [0.4, 0.5) is 10.3 Å². The van der Waals surface area contributed by atoms with Crippen LogP contribution >= 0.6 is 23.7 Å². The van der Waals surface area contributed by atoms with Crippen molar-refractivity contribution in [3.05, 3.63) is 58.1 Å². The Balaban J connectivity index is 0.00000280. The predicted octanol–water partition coefficient (Wildman–Crippen LogP) is 1.91. The van der Waals surface area contributed by atoms with Gasteiger partial charge in [-0.05, 0) is 17.7 Å². The minimum atomic E-state index is -0.309. The summed E-state index contributed by atoms with van der Waals surface area (Å²) in [5.74, 6) is 0.647. The average Bonchev–Trinajstić information content (AvgIpc) is 3.28. The van der Waals surface area contributed by atoms with Crippen molar-refractivity contribution in [3.8, 4) is 10.4 Å². The molecule has 0 aromatic carbocycles. The van der Waals surface area contributed by atoms with Crippen LogP contribution in [0.3, 0.4) is 0 Å². The Bertz CT molecular complexity index is 994. The lowest BCUT2D eigenvalue weighted by atomic mass is 10.3. The van der Waals surface area contributed by atoms with Crippen molar-refractivity contribution in [1.82, 2.24) is 24.3 Å². The summed E-state index contributed by atoms with van der Waals surface area (Å²) in [6, 6.07) is 3.93. The zero-order chi connectivity index (χ0) is 19.4. The molecule has 8 nitrogen and oxygen atoms in total. The molecule has 0 saturated carbocycles. The third kappa shape index (κ3) is 4.83. The molecule has 3 aromatic heterocycles. The highest BCUT2D eigenvalue weighted by Gasteiger charge is 2.10. The Hall–Kier alpha value is -2.56. The summed E-state index contributed by atoms with van der Waals surface area (Å²) in [7, 11) is 3.77. The Morgan fingerprint density at radius 1 is 1.32 bits per heavy atom. The molecule has 0 aliphatic rings. The number of rotatable bonds is 7. The van der Waals surface area contributed by atoms with Gasteiger partial charge >= 0.3 is 5.69 Å². The Morgan fingerprint density at radius 3 is 2.64 bits per heavy atom. The summed E-state index contributed by atoms with van der Waals surface area (Å²) in [5, 5.41) is 4.02. The van der Waals surface area contributed by atoms with Gasteiger partial charge in [-0.1, -0.05) is 0 Å². The number of nitrogens with two attached hydrogens (primary N) is 1. The number of hydrogen-bond acceptors (Lipinski definition) is 7. The normalized spacial score (nSPS) is 11.4. The van der Waals surface area contributed by atoms with Gasteiger partial charge in [0.15, 0.2) is 0 Å². The molecule has 3 aromatic rings. The molecule has 0 bridgehead atoms. The second-order valence-corrected chi connectivity index (χ2v) is 7.27. The van der Waals surface area contributed by atoms with E-state index in [1.807, 2.05) is 31.1 Å². The van der Waals surface area contributed by atoms with E-state index in [4.69, 9.17) is 5.73 Å². The molecule has 0 aliphatic heterocycles. The summed E-state index contributed by atoms with van der Waals surface area (Å²) in [6.45, 7) is 0.473. The van der Waals surface area contributed by atoms with E-state index in [2.05, 4.69) is 15.1 Å². The number of thiophene rings is 1. The molecule has 0 fully saturated rings. The third-order valence-corrected chi connectivity index (χ3v) is 5.00. The zero-order valence-electron chi connectivity index (χ0n) is 15.4. The lowest BCUT2D eigenvalue weighted by Gasteiger charge is -2.09. The quantitative estimate of drug-likeness (QED) is 0.621. The standard InChI is InChI=1S/C17H20FN7OS.ClH/c1-23(2)16-20-7-13(8-21-16)15-4-3-14(27-15)10-24-11-22-25(17(24)26)9-12(5-18)6-19;/h3-5,7-8,11H,6,9-10,19H2,1-2H3;1H/b12-5+;. The molecule has 28 heavy (non-hydrogen) atoms. The molecule has 11 heteroatoms. The van der Waals surface area contributed by atoms with E-state index >= 15 is 0 Å². The maximum Gasteiger partial charge on any atom is 0.346 e. The smallest absolute Gasteiger partial charge is 0.346 e. The fraction of sp³-hybridized carbons (Fsp3) is 0.294. The van der Waals surface area contributed by atoms with Gasteiger partial charge < -0.3 is 10.6 Å². The number of halogens is 2. The van der Waals surface area contributed by atoms with Crippen molar-refractivity contribution in [2.75, 3.05) is 25.5 Å². The largest absolute Gasteiger partial charge is 0.347 e. The Labute approximate surface area is 171 Å². The molecule has 0 spiro atoms. The van der Waals surface area contributed by atoms with Crippen LogP contribution in [0.1, 0.15) is 4.88 Å². The molecule has 0 atom stereocenters. The molecule has 0 unspecified atom stereocenters. The zero-order valence-corrected chi connectivity index (χ0v) is 17.1. The molecule has 0 aliphatic carbocycles. The average molecular weight is 426 g/mol. The van der Waals surface area contributed by atoms with Crippen molar-refractivity contribution in [3.63, 3.8) is 0 Å². The Morgan fingerprint density at radius 2 is 2.04 bits per heavy atom. The molecular weight excluding hydrogens is 405 g/mol. The lowest BCUT2D eigenvalue weighted by Crippen LogP contribution is -2.26. The minimum Gasteiger partial charge on any atom is -0.347 e. The highest BCUT2D eigenvalue weighted by molar-refractivity contribution is 7.15. The molecule has 3 heterocycles. The summed E-state index contributed by atoms with van der Waals surface area (Å²) >= 11 is 1.55. The van der Waals surface area contributed by atoms with E-state index in [-0.39, 0.29) is 31.2 Å². The van der Waals surface area contributed by atoms with Gasteiger partial charge in [-0.3, -0.25) is 4.57 Å². The van der Waals surface area contributed by atoms with E-state index in [9.17, 15) is 9.18 Å². The van der Waals surface area contributed by atoms with E-state index in [1.54, 1.807) is 23.7 Å². The summed E-state index contributed by atoms with van der Waals surface area (Å²) in [6.07, 6.45) is 5.42. The van der Waals surface area contributed by atoms with E-state index in [0.717, 1.165) is 15.3 Å². The first-order valence-electron chi connectivity index (χ1n) is 8.20. The first-order valence-corrected chi connectivity index (χ1v) is 9.02. The van der Waals surface area contributed by atoms with Gasteiger partial charge in [-0.2, -0.15) is 5.10 Å². The molecular formula is C17H21ClFN7OS. The lowest BCUT2D eigenvalue weighted by molar-refractivity contribution is 0.604. The van der Waals surface area contributed by atoms with Crippen LogP contribution in [0.25, 0.3) is 10.4 Å².